The van der Waals surface area contributed by atoms with Crippen molar-refractivity contribution < 1.29 is 9.82 Å². The molecule has 1 aliphatic rings. The zero-order valence-corrected chi connectivity index (χ0v) is 11.9. The highest BCUT2D eigenvalue weighted by Gasteiger charge is 2.34. The number of benzene rings is 2. The van der Waals surface area contributed by atoms with E-state index < -0.39 is 7.05 Å². The molecule has 1 N–H and O–H groups in total. The zero-order chi connectivity index (χ0) is 15.0. The number of carbonyl (C=O) groups is 1. The van der Waals surface area contributed by atoms with Gasteiger partial charge in [0.1, 0.15) is 0 Å². The molecule has 0 spiro atoms. The summed E-state index contributed by atoms with van der Waals surface area (Å²) in [5, 5.41) is 14.5. The van der Waals surface area contributed by atoms with E-state index in [1.807, 2.05) is 50.2 Å². The number of hydrazone groups is 1. The Kier molecular flexibility index (Phi) is 3.35. The summed E-state index contributed by atoms with van der Waals surface area (Å²) in [5.74, 6) is -0.288. The lowest BCUT2D eigenvalue weighted by molar-refractivity contribution is 0.0844. The van der Waals surface area contributed by atoms with Crippen LogP contribution < -0.4 is 5.46 Å². The molecule has 1 heterocycles. The van der Waals surface area contributed by atoms with Crippen molar-refractivity contribution in [3.05, 3.63) is 64.7 Å². The molecule has 4 nitrogen and oxygen atoms in total. The Bertz CT molecular complexity index is 723. The first-order valence-electron chi connectivity index (χ1n) is 6.80. The maximum Gasteiger partial charge on any atom is 0.474 e. The lowest BCUT2D eigenvalue weighted by atomic mass is 9.69. The summed E-state index contributed by atoms with van der Waals surface area (Å²) in [6.45, 7) is 3.77. The van der Waals surface area contributed by atoms with Gasteiger partial charge in [-0.3, -0.25) is 4.79 Å². The lowest BCUT2D eigenvalue weighted by Gasteiger charge is -2.26. The van der Waals surface area contributed by atoms with Crippen LogP contribution in [-0.4, -0.2) is 29.1 Å². The lowest BCUT2D eigenvalue weighted by Crippen LogP contribution is -2.52. The van der Waals surface area contributed by atoms with Gasteiger partial charge >= 0.3 is 7.05 Å². The summed E-state index contributed by atoms with van der Waals surface area (Å²) in [6.07, 6.45) is 1.60. The second-order valence-corrected chi connectivity index (χ2v) is 5.16. The van der Waals surface area contributed by atoms with E-state index in [9.17, 15) is 9.82 Å². The van der Waals surface area contributed by atoms with Gasteiger partial charge in [-0.2, -0.15) is 5.10 Å². The predicted molar refractivity (Wildman–Crippen MR) is 83.7 cm³/mol. The molecule has 0 saturated heterocycles. The number of fused-ring (bicyclic) bond motifs is 1. The summed E-state index contributed by atoms with van der Waals surface area (Å²) in [7, 11) is -1.06. The second kappa shape index (κ2) is 5.18. The van der Waals surface area contributed by atoms with Crippen molar-refractivity contribution >= 4 is 24.6 Å². The third-order valence-electron chi connectivity index (χ3n) is 3.73. The first kappa shape index (κ1) is 13.6. The van der Waals surface area contributed by atoms with Crippen LogP contribution in [0.25, 0.3) is 0 Å². The smallest absolute Gasteiger partial charge is 0.427 e. The average molecular weight is 278 g/mol. The second-order valence-electron chi connectivity index (χ2n) is 5.16. The van der Waals surface area contributed by atoms with Crippen LogP contribution in [0, 0.1) is 13.8 Å². The Morgan fingerprint density at radius 2 is 1.76 bits per heavy atom. The predicted octanol–water partition coefficient (Wildman–Crippen LogP) is 1.48. The number of hydrogen-bond donors (Lipinski definition) is 1. The van der Waals surface area contributed by atoms with Gasteiger partial charge in [-0.25, -0.2) is 4.92 Å². The van der Waals surface area contributed by atoms with Gasteiger partial charge in [0.05, 0.1) is 6.21 Å². The third-order valence-corrected chi connectivity index (χ3v) is 3.73. The number of amides is 1. The monoisotopic (exact) mass is 278 g/mol. The van der Waals surface area contributed by atoms with Crippen LogP contribution in [-0.2, 0) is 0 Å². The van der Waals surface area contributed by atoms with E-state index in [4.69, 9.17) is 0 Å². The van der Waals surface area contributed by atoms with Gasteiger partial charge in [0, 0.05) is 5.56 Å². The van der Waals surface area contributed by atoms with Crippen LogP contribution in [0.5, 0.6) is 0 Å². The van der Waals surface area contributed by atoms with Gasteiger partial charge in [-0.15, -0.1) is 0 Å². The summed E-state index contributed by atoms with van der Waals surface area (Å²) >= 11 is 0. The minimum atomic E-state index is -1.06. The van der Waals surface area contributed by atoms with Gasteiger partial charge in [-0.05, 0) is 36.0 Å². The topological polar surface area (TPSA) is 52.9 Å². The van der Waals surface area contributed by atoms with E-state index >= 15 is 0 Å². The maximum atomic E-state index is 12.7. The molecule has 0 aliphatic carbocycles. The number of carbonyl (C=O) groups excluding carboxylic acids is 1. The van der Waals surface area contributed by atoms with Crippen molar-refractivity contribution in [2.45, 2.75) is 13.8 Å². The molecule has 0 aromatic heterocycles. The van der Waals surface area contributed by atoms with Crippen LogP contribution in [0.15, 0.2) is 47.6 Å². The zero-order valence-electron chi connectivity index (χ0n) is 11.9. The molecule has 0 fully saturated rings. The Balaban J connectivity index is 2.01. The maximum absolute atomic E-state index is 12.7. The van der Waals surface area contributed by atoms with Gasteiger partial charge in [-0.1, -0.05) is 42.5 Å². The molecule has 3 rings (SSSR count). The van der Waals surface area contributed by atoms with Crippen molar-refractivity contribution in [3.63, 3.8) is 0 Å². The molecular formula is C16H15BN2O2. The van der Waals surface area contributed by atoms with E-state index in [0.717, 1.165) is 21.6 Å². The molecule has 1 aliphatic heterocycles. The standard InChI is InChI=1S/C16H15BN2O2/c1-11-6-5-7-12(2)15(11)16(20)19-17(21)14-9-4-3-8-13(14)10-18-19/h3-10,21H,1-2H3. The van der Waals surface area contributed by atoms with Crippen LogP contribution in [0.2, 0.25) is 0 Å². The van der Waals surface area contributed by atoms with Crippen molar-refractivity contribution in [1.29, 1.82) is 0 Å². The van der Waals surface area contributed by atoms with Crippen molar-refractivity contribution in [2.24, 2.45) is 5.10 Å². The Hall–Kier alpha value is -2.40. The quantitative estimate of drug-likeness (QED) is 0.803. The molecular weight excluding hydrogens is 263 g/mol. The Morgan fingerprint density at radius 1 is 1.10 bits per heavy atom. The fourth-order valence-corrected chi connectivity index (χ4v) is 2.61. The molecule has 0 radical (unpaired) electrons. The highest BCUT2D eigenvalue weighted by Crippen LogP contribution is 2.18. The molecule has 104 valence electrons. The number of hydrogen-bond acceptors (Lipinski definition) is 3. The van der Waals surface area contributed by atoms with E-state index in [1.54, 1.807) is 12.3 Å². The normalized spacial score (nSPS) is 13.3. The summed E-state index contributed by atoms with van der Waals surface area (Å²) in [4.78, 5) is 13.9. The third kappa shape index (κ3) is 2.25. The largest absolute Gasteiger partial charge is 0.474 e. The van der Waals surface area contributed by atoms with Crippen LogP contribution in [0.4, 0.5) is 0 Å². The van der Waals surface area contributed by atoms with Crippen LogP contribution in [0.3, 0.4) is 0 Å². The number of nitrogens with zero attached hydrogens (tertiary/aromatic N) is 2. The highest BCUT2D eigenvalue weighted by atomic mass is 16.2. The van der Waals surface area contributed by atoms with Gasteiger partial charge < -0.3 is 5.02 Å². The van der Waals surface area contributed by atoms with Crippen molar-refractivity contribution in [2.75, 3.05) is 0 Å². The first-order valence-corrected chi connectivity index (χ1v) is 6.80. The van der Waals surface area contributed by atoms with Crippen molar-refractivity contribution in [1.82, 2.24) is 4.92 Å². The van der Waals surface area contributed by atoms with E-state index in [1.165, 1.54) is 0 Å². The average Bonchev–Trinajstić information content (AvgIpc) is 2.47. The van der Waals surface area contributed by atoms with E-state index in [2.05, 4.69) is 5.10 Å². The summed E-state index contributed by atoms with van der Waals surface area (Å²) in [5.41, 5.74) is 3.86. The molecule has 21 heavy (non-hydrogen) atoms. The molecule has 2 aromatic carbocycles. The molecule has 0 bridgehead atoms. The van der Waals surface area contributed by atoms with Gasteiger partial charge in [0.2, 0.25) is 0 Å². The molecule has 0 atom stereocenters. The van der Waals surface area contributed by atoms with Crippen LogP contribution in [0.1, 0.15) is 27.0 Å². The van der Waals surface area contributed by atoms with E-state index in [0.29, 0.717) is 11.0 Å². The van der Waals surface area contributed by atoms with Crippen molar-refractivity contribution in [3.8, 4) is 0 Å². The minimum Gasteiger partial charge on any atom is -0.427 e. The Morgan fingerprint density at radius 3 is 2.48 bits per heavy atom. The van der Waals surface area contributed by atoms with Gasteiger partial charge in [0.25, 0.3) is 5.91 Å². The fourth-order valence-electron chi connectivity index (χ4n) is 2.61. The Labute approximate surface area is 123 Å². The first-order chi connectivity index (χ1) is 10.1. The molecule has 2 aromatic rings. The van der Waals surface area contributed by atoms with Crippen LogP contribution >= 0.6 is 0 Å². The summed E-state index contributed by atoms with van der Waals surface area (Å²) < 4.78 is 0. The number of rotatable bonds is 1. The highest BCUT2D eigenvalue weighted by molar-refractivity contribution is 6.68. The van der Waals surface area contributed by atoms with E-state index in [-0.39, 0.29) is 5.91 Å². The SMILES string of the molecule is Cc1cccc(C)c1C(=O)N1N=Cc2ccccc2B1O. The minimum absolute atomic E-state index is 0.288. The number of aryl methyl sites for hydroxylation is 2. The molecule has 0 saturated carbocycles. The summed E-state index contributed by atoms with van der Waals surface area (Å²) in [6, 6.07) is 13.1. The molecule has 0 unspecified atom stereocenters. The molecule has 1 amide bonds. The van der Waals surface area contributed by atoms with Gasteiger partial charge in [0.15, 0.2) is 0 Å². The fraction of sp³-hybridized carbons (Fsp3) is 0.125. The molecule has 5 heteroatoms.